The van der Waals surface area contributed by atoms with Crippen LogP contribution in [0.25, 0.3) is 0 Å². The smallest absolute Gasteiger partial charge is 0.419 e. The van der Waals surface area contributed by atoms with Gasteiger partial charge in [0.25, 0.3) is 0 Å². The zero-order chi connectivity index (χ0) is 25.0. The van der Waals surface area contributed by atoms with Crippen molar-refractivity contribution in [1.29, 1.82) is 0 Å². The van der Waals surface area contributed by atoms with Crippen LogP contribution >= 0.6 is 0 Å². The molecule has 0 aliphatic carbocycles. The molecule has 0 spiro atoms. The molecular formula is C29H33NO5. The molecule has 0 atom stereocenters. The van der Waals surface area contributed by atoms with Crippen molar-refractivity contribution in [3.05, 3.63) is 89.0 Å². The monoisotopic (exact) mass is 475 g/mol. The van der Waals surface area contributed by atoms with Gasteiger partial charge in [-0.2, -0.15) is 0 Å². The lowest BCUT2D eigenvalue weighted by Crippen LogP contribution is -2.19. The number of aryl methyl sites for hydroxylation is 1. The average Bonchev–Trinajstić information content (AvgIpc) is 2.85. The molecule has 0 fully saturated rings. The number of carbonyl (C=O) groups is 2. The van der Waals surface area contributed by atoms with Crippen LogP contribution in [-0.4, -0.2) is 22.3 Å². The fraction of sp³-hybridized carbons (Fsp3) is 0.310. The third-order valence-electron chi connectivity index (χ3n) is 5.84. The van der Waals surface area contributed by atoms with Crippen LogP contribution in [0.4, 0.5) is 10.5 Å². The van der Waals surface area contributed by atoms with Gasteiger partial charge >= 0.3 is 12.1 Å². The van der Waals surface area contributed by atoms with E-state index in [0.29, 0.717) is 17.7 Å². The third-order valence-corrected chi connectivity index (χ3v) is 5.84. The zero-order valence-corrected chi connectivity index (χ0v) is 20.1. The summed E-state index contributed by atoms with van der Waals surface area (Å²) < 4.78 is 4.86. The van der Waals surface area contributed by atoms with Gasteiger partial charge in [0.15, 0.2) is 0 Å². The first-order valence-electron chi connectivity index (χ1n) is 12.2. The first kappa shape index (κ1) is 25.8. The summed E-state index contributed by atoms with van der Waals surface area (Å²) in [5.41, 5.74) is 2.65. The van der Waals surface area contributed by atoms with Gasteiger partial charge in [0.2, 0.25) is 0 Å². The number of hydrogen-bond donors (Lipinski definition) is 3. The fourth-order valence-corrected chi connectivity index (χ4v) is 3.93. The molecule has 0 aliphatic heterocycles. The first-order valence-corrected chi connectivity index (χ1v) is 12.2. The van der Waals surface area contributed by atoms with E-state index in [0.717, 1.165) is 24.5 Å². The lowest BCUT2D eigenvalue weighted by Gasteiger charge is -2.11. The Morgan fingerprint density at radius 1 is 0.829 bits per heavy atom. The maximum atomic E-state index is 12.5. The number of phenols is 2. The van der Waals surface area contributed by atoms with Crippen molar-refractivity contribution in [3.8, 4) is 11.5 Å². The summed E-state index contributed by atoms with van der Waals surface area (Å²) in [6, 6.07) is 19.2. The molecule has 0 aromatic heterocycles. The second-order valence-electron chi connectivity index (χ2n) is 8.68. The summed E-state index contributed by atoms with van der Waals surface area (Å²) in [5.74, 6) is -1.59. The second-order valence-corrected chi connectivity index (χ2v) is 8.68. The van der Waals surface area contributed by atoms with E-state index >= 15 is 0 Å². The topological polar surface area (TPSA) is 95.9 Å². The highest BCUT2D eigenvalue weighted by Crippen LogP contribution is 2.30. The van der Waals surface area contributed by atoms with Gasteiger partial charge in [-0.05, 0) is 48.2 Å². The summed E-state index contributed by atoms with van der Waals surface area (Å²) in [6.07, 6.45) is 7.74. The van der Waals surface area contributed by atoms with Crippen molar-refractivity contribution >= 4 is 17.7 Å². The van der Waals surface area contributed by atoms with E-state index < -0.39 is 12.1 Å². The molecule has 6 nitrogen and oxygen atoms in total. The Balaban J connectivity index is 1.54. The maximum absolute atomic E-state index is 12.5. The molecule has 3 aromatic carbocycles. The second kappa shape index (κ2) is 13.2. The van der Waals surface area contributed by atoms with Crippen molar-refractivity contribution in [1.82, 2.24) is 0 Å². The quantitative estimate of drug-likeness (QED) is 0.120. The lowest BCUT2D eigenvalue weighted by atomic mass is 10.0. The largest absolute Gasteiger partial charge is 0.508 e. The van der Waals surface area contributed by atoms with E-state index in [1.807, 2.05) is 42.5 Å². The van der Waals surface area contributed by atoms with Crippen molar-refractivity contribution in [2.45, 2.75) is 58.3 Å². The number of hydrogen-bond acceptors (Lipinski definition) is 5. The first-order chi connectivity index (χ1) is 17.0. The summed E-state index contributed by atoms with van der Waals surface area (Å²) >= 11 is 0. The van der Waals surface area contributed by atoms with Gasteiger partial charge in [-0.3, -0.25) is 5.32 Å². The van der Waals surface area contributed by atoms with E-state index in [2.05, 4.69) is 12.2 Å². The van der Waals surface area contributed by atoms with E-state index in [-0.39, 0.29) is 17.1 Å². The zero-order valence-electron chi connectivity index (χ0n) is 20.1. The molecule has 3 rings (SSSR count). The molecule has 0 saturated carbocycles. The van der Waals surface area contributed by atoms with E-state index in [1.54, 1.807) is 12.1 Å². The minimum Gasteiger partial charge on any atom is -0.508 e. The van der Waals surface area contributed by atoms with Gasteiger partial charge in [-0.1, -0.05) is 81.5 Å². The number of unbranched alkanes of at least 4 members (excludes halogenated alkanes) is 5. The van der Waals surface area contributed by atoms with E-state index in [4.69, 9.17) is 4.74 Å². The molecule has 0 radical (unpaired) electrons. The van der Waals surface area contributed by atoms with Gasteiger partial charge in [-0.15, -0.1) is 0 Å². The number of rotatable bonds is 11. The number of amides is 1. The number of nitrogens with one attached hydrogen (secondary N) is 1. The van der Waals surface area contributed by atoms with Gasteiger partial charge in [0.1, 0.15) is 17.1 Å². The number of carbonyl (C=O) groups excluding carboxylic acids is 2. The Morgan fingerprint density at radius 3 is 2.23 bits per heavy atom. The summed E-state index contributed by atoms with van der Waals surface area (Å²) in [7, 11) is 0. The van der Waals surface area contributed by atoms with Crippen LogP contribution in [0.1, 0.15) is 72.5 Å². The number of anilines is 1. The van der Waals surface area contributed by atoms with Gasteiger partial charge < -0.3 is 14.9 Å². The number of aromatic hydroxyl groups is 2. The number of benzene rings is 3. The number of esters is 1. The van der Waals surface area contributed by atoms with Crippen LogP contribution in [0.3, 0.4) is 0 Å². The molecule has 3 aromatic rings. The fourth-order valence-electron chi connectivity index (χ4n) is 3.93. The van der Waals surface area contributed by atoms with Gasteiger partial charge in [-0.25, -0.2) is 9.59 Å². The normalized spacial score (nSPS) is 10.7. The average molecular weight is 476 g/mol. The molecule has 184 valence electrons. The Bertz CT molecular complexity index is 1110. The van der Waals surface area contributed by atoms with Crippen molar-refractivity contribution < 1.29 is 24.5 Å². The molecule has 0 unspecified atom stereocenters. The van der Waals surface area contributed by atoms with Crippen LogP contribution in [0, 0.1) is 0 Å². The SMILES string of the molecule is CCCCCCCCc1ccc(NC(=O)OC(=O)c2cc(O)cc(Cc3ccccc3)c2O)cc1. The Hall–Kier alpha value is -3.80. The number of ether oxygens (including phenoxy) is 1. The van der Waals surface area contributed by atoms with Crippen molar-refractivity contribution in [2.75, 3.05) is 5.32 Å². The highest BCUT2D eigenvalue weighted by atomic mass is 16.6. The Morgan fingerprint density at radius 2 is 1.51 bits per heavy atom. The molecule has 3 N–H and O–H groups in total. The van der Waals surface area contributed by atoms with Crippen LogP contribution in [0.15, 0.2) is 66.7 Å². The summed E-state index contributed by atoms with van der Waals surface area (Å²) in [6.45, 7) is 2.21. The minimum absolute atomic E-state index is 0.206. The van der Waals surface area contributed by atoms with Crippen molar-refractivity contribution in [2.24, 2.45) is 0 Å². The molecule has 0 saturated heterocycles. The predicted molar refractivity (Wildman–Crippen MR) is 137 cm³/mol. The van der Waals surface area contributed by atoms with Crippen LogP contribution in [-0.2, 0) is 17.6 Å². The molecule has 0 heterocycles. The summed E-state index contributed by atoms with van der Waals surface area (Å²) in [5, 5.41) is 23.1. The molecule has 0 aliphatic rings. The minimum atomic E-state index is -1.05. The van der Waals surface area contributed by atoms with Crippen LogP contribution in [0.5, 0.6) is 11.5 Å². The Kier molecular flexibility index (Phi) is 9.72. The molecule has 1 amide bonds. The summed E-state index contributed by atoms with van der Waals surface area (Å²) in [4.78, 5) is 24.8. The van der Waals surface area contributed by atoms with Crippen LogP contribution in [0.2, 0.25) is 0 Å². The molecule has 35 heavy (non-hydrogen) atoms. The van der Waals surface area contributed by atoms with Gasteiger partial charge in [0, 0.05) is 17.7 Å². The highest BCUT2D eigenvalue weighted by Gasteiger charge is 2.21. The lowest BCUT2D eigenvalue weighted by molar-refractivity contribution is 0.0641. The van der Waals surface area contributed by atoms with E-state index in [9.17, 15) is 19.8 Å². The Labute approximate surface area is 206 Å². The molecular weight excluding hydrogens is 442 g/mol. The molecule has 6 heteroatoms. The standard InChI is InChI=1S/C29H33NO5/c1-2-3-4-5-6-8-11-21-14-16-24(17-15-21)30-29(34)35-28(33)26-20-25(31)19-23(27(26)32)18-22-12-9-7-10-13-22/h7,9-10,12-17,19-20,31-32H,2-6,8,11,18H2,1H3,(H,30,34). The third kappa shape index (κ3) is 8.18. The van der Waals surface area contributed by atoms with Crippen molar-refractivity contribution in [3.63, 3.8) is 0 Å². The van der Waals surface area contributed by atoms with Gasteiger partial charge in [0.05, 0.1) is 0 Å². The maximum Gasteiger partial charge on any atom is 0.419 e. The van der Waals surface area contributed by atoms with Crippen LogP contribution < -0.4 is 5.32 Å². The predicted octanol–water partition coefficient (Wildman–Crippen LogP) is 6.98. The number of phenolic OH excluding ortho intramolecular Hbond substituents is 2. The highest BCUT2D eigenvalue weighted by molar-refractivity contribution is 6.02. The molecule has 0 bridgehead atoms. The van der Waals surface area contributed by atoms with E-state index in [1.165, 1.54) is 43.7 Å².